The molecule has 2 aromatic rings. The predicted molar refractivity (Wildman–Crippen MR) is 95.3 cm³/mol. The predicted octanol–water partition coefficient (Wildman–Crippen LogP) is 5.82. The van der Waals surface area contributed by atoms with E-state index >= 15 is 0 Å². The first-order valence-electron chi connectivity index (χ1n) is 8.88. The van der Waals surface area contributed by atoms with Crippen molar-refractivity contribution in [2.45, 2.75) is 51.1 Å². The van der Waals surface area contributed by atoms with Gasteiger partial charge < -0.3 is 4.74 Å². The number of rotatable bonds is 5. The summed E-state index contributed by atoms with van der Waals surface area (Å²) in [5.74, 6) is 0.580. The number of benzene rings is 1. The Morgan fingerprint density at radius 3 is 2.69 bits per heavy atom. The molecule has 1 aromatic heterocycles. The topological polar surface area (TPSA) is 51.2 Å². The first-order valence-corrected chi connectivity index (χ1v) is 8.88. The van der Waals surface area contributed by atoms with Crippen molar-refractivity contribution in [3.8, 4) is 0 Å². The summed E-state index contributed by atoms with van der Waals surface area (Å²) in [6, 6.07) is 9.44. The number of hydrogen-bond donors (Lipinski definition) is 1. The van der Waals surface area contributed by atoms with E-state index in [0.29, 0.717) is 11.6 Å². The largest absolute Gasteiger partial charge is 0.443 e. The van der Waals surface area contributed by atoms with Crippen molar-refractivity contribution >= 4 is 11.8 Å². The molecule has 1 saturated carbocycles. The number of halogens is 2. The van der Waals surface area contributed by atoms with Gasteiger partial charge in [-0.15, -0.1) is 0 Å². The molecule has 0 saturated heterocycles. The van der Waals surface area contributed by atoms with Gasteiger partial charge in [0.1, 0.15) is 6.61 Å². The highest BCUT2D eigenvalue weighted by Crippen LogP contribution is 2.32. The molecule has 1 aromatic carbocycles. The highest BCUT2D eigenvalue weighted by atomic mass is 19.3. The van der Waals surface area contributed by atoms with Crippen LogP contribution < -0.4 is 5.32 Å². The van der Waals surface area contributed by atoms with Crippen molar-refractivity contribution in [1.29, 1.82) is 0 Å². The third kappa shape index (κ3) is 5.00. The Balaban J connectivity index is 1.50. The maximum Gasteiger partial charge on any atom is 0.412 e. The van der Waals surface area contributed by atoms with Crippen LogP contribution in [-0.4, -0.2) is 11.1 Å². The van der Waals surface area contributed by atoms with E-state index in [1.807, 2.05) is 18.3 Å². The maximum atomic E-state index is 12.7. The molecule has 1 heterocycles. The summed E-state index contributed by atoms with van der Waals surface area (Å²) in [4.78, 5) is 16.2. The molecule has 1 N–H and O–H groups in total. The number of hydrogen-bond acceptors (Lipinski definition) is 3. The Hall–Kier alpha value is -2.50. The molecule has 0 bridgehead atoms. The van der Waals surface area contributed by atoms with Gasteiger partial charge in [-0.25, -0.2) is 13.6 Å². The van der Waals surface area contributed by atoms with Crippen LogP contribution in [0.1, 0.15) is 61.3 Å². The Bertz CT molecular complexity index is 729. The third-order valence-corrected chi connectivity index (χ3v) is 4.66. The number of aromatic nitrogens is 1. The van der Waals surface area contributed by atoms with Crippen molar-refractivity contribution in [2.24, 2.45) is 0 Å². The molecule has 1 aliphatic rings. The van der Waals surface area contributed by atoms with Gasteiger partial charge in [0.15, 0.2) is 0 Å². The molecule has 0 radical (unpaired) electrons. The molecule has 1 amide bonds. The summed E-state index contributed by atoms with van der Waals surface area (Å²) in [7, 11) is 0. The van der Waals surface area contributed by atoms with Gasteiger partial charge in [0.05, 0.1) is 5.69 Å². The van der Waals surface area contributed by atoms with Gasteiger partial charge >= 0.3 is 6.09 Å². The third-order valence-electron chi connectivity index (χ3n) is 4.66. The average molecular weight is 360 g/mol. The highest BCUT2D eigenvalue weighted by molar-refractivity contribution is 5.84. The summed E-state index contributed by atoms with van der Waals surface area (Å²) >= 11 is 0. The van der Waals surface area contributed by atoms with E-state index in [1.54, 1.807) is 0 Å². The van der Waals surface area contributed by atoms with Crippen LogP contribution in [0.3, 0.4) is 0 Å². The zero-order valence-electron chi connectivity index (χ0n) is 14.5. The fourth-order valence-corrected chi connectivity index (χ4v) is 3.24. The van der Waals surface area contributed by atoms with Crippen LogP contribution in [0.2, 0.25) is 0 Å². The molecule has 6 heteroatoms. The number of alkyl halides is 2. The van der Waals surface area contributed by atoms with Gasteiger partial charge in [0.25, 0.3) is 6.43 Å². The molecule has 0 aliphatic heterocycles. The highest BCUT2D eigenvalue weighted by Gasteiger charge is 2.16. The minimum Gasteiger partial charge on any atom is -0.443 e. The second kappa shape index (κ2) is 8.74. The van der Waals surface area contributed by atoms with Gasteiger partial charge in [-0.05, 0) is 42.5 Å². The Kier molecular flexibility index (Phi) is 6.15. The molecular weight excluding hydrogens is 338 g/mol. The van der Waals surface area contributed by atoms with Crippen LogP contribution in [0.4, 0.5) is 19.3 Å². The Labute approximate surface area is 151 Å². The molecule has 0 atom stereocenters. The Morgan fingerprint density at radius 2 is 2.00 bits per heavy atom. The smallest absolute Gasteiger partial charge is 0.412 e. The van der Waals surface area contributed by atoms with E-state index < -0.39 is 12.5 Å². The normalized spacial score (nSPS) is 15.0. The van der Waals surface area contributed by atoms with Crippen LogP contribution in [0.5, 0.6) is 0 Å². The lowest BCUT2D eigenvalue weighted by atomic mass is 9.85. The standard InChI is InChI=1S/C20H22F2N2O2/c21-19(22)15-7-4-8-17(11-15)24-20(25)26-13-18-10-9-16(12-23-18)14-5-2-1-3-6-14/h4,7-12,14,19H,1-3,5-6,13H2,(H,24,25). The van der Waals surface area contributed by atoms with E-state index in [0.717, 1.165) is 0 Å². The van der Waals surface area contributed by atoms with Gasteiger partial charge in [-0.3, -0.25) is 10.3 Å². The van der Waals surface area contributed by atoms with Crippen molar-refractivity contribution < 1.29 is 18.3 Å². The van der Waals surface area contributed by atoms with Crippen molar-refractivity contribution in [2.75, 3.05) is 5.32 Å². The number of nitrogens with zero attached hydrogens (tertiary/aromatic N) is 1. The maximum absolute atomic E-state index is 12.7. The minimum absolute atomic E-state index is 0.0331. The molecule has 26 heavy (non-hydrogen) atoms. The van der Waals surface area contributed by atoms with Crippen LogP contribution in [0.15, 0.2) is 42.6 Å². The fourth-order valence-electron chi connectivity index (χ4n) is 3.24. The quantitative estimate of drug-likeness (QED) is 0.731. The number of ether oxygens (including phenoxy) is 1. The minimum atomic E-state index is -2.58. The van der Waals surface area contributed by atoms with Gasteiger partial charge in [-0.2, -0.15) is 0 Å². The van der Waals surface area contributed by atoms with E-state index in [4.69, 9.17) is 4.74 Å². The lowest BCUT2D eigenvalue weighted by molar-refractivity contribution is 0.150. The number of amides is 1. The first-order chi connectivity index (χ1) is 12.6. The summed E-state index contributed by atoms with van der Waals surface area (Å²) in [5, 5.41) is 2.45. The van der Waals surface area contributed by atoms with E-state index in [1.165, 1.54) is 61.9 Å². The second-order valence-electron chi connectivity index (χ2n) is 6.55. The summed E-state index contributed by atoms with van der Waals surface area (Å²) in [5.41, 5.74) is 2.01. The number of carbonyl (C=O) groups excluding carboxylic acids is 1. The molecule has 0 unspecified atom stereocenters. The summed E-state index contributed by atoms with van der Waals surface area (Å²) < 4.78 is 30.5. The van der Waals surface area contributed by atoms with Crippen molar-refractivity contribution in [1.82, 2.24) is 4.98 Å². The molecule has 4 nitrogen and oxygen atoms in total. The van der Waals surface area contributed by atoms with Crippen molar-refractivity contribution in [3.05, 3.63) is 59.4 Å². The monoisotopic (exact) mass is 360 g/mol. The zero-order chi connectivity index (χ0) is 18.4. The average Bonchev–Trinajstić information content (AvgIpc) is 2.68. The van der Waals surface area contributed by atoms with Gasteiger partial charge in [-0.1, -0.05) is 37.5 Å². The molecule has 138 valence electrons. The van der Waals surface area contributed by atoms with Crippen molar-refractivity contribution in [3.63, 3.8) is 0 Å². The molecular formula is C20H22F2N2O2. The summed E-state index contributed by atoms with van der Waals surface area (Å²) in [6.45, 7) is 0.0331. The SMILES string of the molecule is O=C(Nc1cccc(C(F)F)c1)OCc1ccc(C2CCCCC2)cn1. The molecule has 3 rings (SSSR count). The van der Waals surface area contributed by atoms with Crippen LogP contribution >= 0.6 is 0 Å². The molecule has 1 fully saturated rings. The van der Waals surface area contributed by atoms with E-state index in [-0.39, 0.29) is 17.9 Å². The number of pyridine rings is 1. The molecule has 1 aliphatic carbocycles. The summed E-state index contributed by atoms with van der Waals surface area (Å²) in [6.07, 6.45) is 4.83. The lowest BCUT2D eigenvalue weighted by Crippen LogP contribution is -2.14. The van der Waals surface area contributed by atoms with E-state index in [9.17, 15) is 13.6 Å². The van der Waals surface area contributed by atoms with Crippen LogP contribution in [-0.2, 0) is 11.3 Å². The second-order valence-corrected chi connectivity index (χ2v) is 6.55. The van der Waals surface area contributed by atoms with Gasteiger partial charge in [0, 0.05) is 17.4 Å². The number of anilines is 1. The lowest BCUT2D eigenvalue weighted by Gasteiger charge is -2.21. The fraction of sp³-hybridized carbons (Fsp3) is 0.400. The number of nitrogens with one attached hydrogen (secondary N) is 1. The van der Waals surface area contributed by atoms with Crippen LogP contribution in [0, 0.1) is 0 Å². The van der Waals surface area contributed by atoms with Crippen LogP contribution in [0.25, 0.3) is 0 Å². The number of carbonyl (C=O) groups is 1. The van der Waals surface area contributed by atoms with Gasteiger partial charge in [0.2, 0.25) is 0 Å². The van der Waals surface area contributed by atoms with E-state index in [2.05, 4.69) is 10.3 Å². The Morgan fingerprint density at radius 1 is 1.19 bits per heavy atom. The molecule has 0 spiro atoms. The first kappa shape index (κ1) is 18.3. The zero-order valence-corrected chi connectivity index (χ0v) is 14.5.